The summed E-state index contributed by atoms with van der Waals surface area (Å²) in [6.07, 6.45) is 0. The van der Waals surface area contributed by atoms with Gasteiger partial charge in [-0.2, -0.15) is 4.31 Å². The van der Waals surface area contributed by atoms with Crippen molar-refractivity contribution in [2.75, 3.05) is 26.7 Å². The summed E-state index contributed by atoms with van der Waals surface area (Å²) in [5.74, 6) is -0.537. The van der Waals surface area contributed by atoms with Crippen LogP contribution in [0.2, 0.25) is 0 Å². The fourth-order valence-corrected chi connectivity index (χ4v) is 6.10. The summed E-state index contributed by atoms with van der Waals surface area (Å²) < 4.78 is 31.8. The van der Waals surface area contributed by atoms with Crippen molar-refractivity contribution in [2.24, 2.45) is 0 Å². The Kier molecular flexibility index (Phi) is 4.85. The van der Waals surface area contributed by atoms with Gasteiger partial charge in [-0.3, -0.25) is 0 Å². The summed E-state index contributed by atoms with van der Waals surface area (Å²) in [4.78, 5) is 11.9. The Morgan fingerprint density at radius 3 is 2.90 bits per heavy atom. The van der Waals surface area contributed by atoms with E-state index in [1.54, 1.807) is 0 Å². The van der Waals surface area contributed by atoms with Gasteiger partial charge in [0.1, 0.15) is 9.77 Å². The lowest BCUT2D eigenvalue weighted by Crippen LogP contribution is -2.52. The molecule has 0 bridgehead atoms. The molecule has 0 aromatic carbocycles. The molecule has 0 spiro atoms. The molecule has 0 radical (unpaired) electrons. The maximum absolute atomic E-state index is 12.7. The van der Waals surface area contributed by atoms with Crippen LogP contribution in [-0.2, 0) is 14.8 Å². The SMILES string of the molecule is COC(=O)c1cc(S(=O)(=O)N2CCNC[C@H]2C)c(Br)s1. The number of piperazine rings is 1. The van der Waals surface area contributed by atoms with Crippen molar-refractivity contribution < 1.29 is 17.9 Å². The number of nitrogens with one attached hydrogen (secondary N) is 1. The molecule has 1 N–H and O–H groups in total. The number of esters is 1. The second kappa shape index (κ2) is 6.10. The van der Waals surface area contributed by atoms with Gasteiger partial charge in [0, 0.05) is 25.7 Å². The molecule has 1 aliphatic heterocycles. The minimum absolute atomic E-state index is 0.122. The van der Waals surface area contributed by atoms with E-state index in [2.05, 4.69) is 26.0 Å². The van der Waals surface area contributed by atoms with Crippen LogP contribution in [0.5, 0.6) is 0 Å². The van der Waals surface area contributed by atoms with E-state index in [1.807, 2.05) is 6.92 Å². The van der Waals surface area contributed by atoms with Gasteiger partial charge in [-0.15, -0.1) is 11.3 Å². The summed E-state index contributed by atoms with van der Waals surface area (Å²) >= 11 is 4.29. The van der Waals surface area contributed by atoms with Gasteiger partial charge in [0.25, 0.3) is 0 Å². The molecule has 1 aliphatic rings. The van der Waals surface area contributed by atoms with E-state index in [1.165, 1.54) is 17.5 Å². The lowest BCUT2D eigenvalue weighted by atomic mass is 10.3. The molecular formula is C11H15BrN2O4S2. The average molecular weight is 383 g/mol. The minimum atomic E-state index is -3.61. The highest BCUT2D eigenvalue weighted by Crippen LogP contribution is 2.34. The van der Waals surface area contributed by atoms with Crippen LogP contribution in [-0.4, -0.2) is 51.5 Å². The van der Waals surface area contributed by atoms with Crippen LogP contribution in [0.3, 0.4) is 0 Å². The number of nitrogens with zero attached hydrogens (tertiary/aromatic N) is 1. The van der Waals surface area contributed by atoms with Gasteiger partial charge in [-0.1, -0.05) is 0 Å². The summed E-state index contributed by atoms with van der Waals surface area (Å²) in [5, 5.41) is 3.15. The smallest absolute Gasteiger partial charge is 0.348 e. The average Bonchev–Trinajstić information content (AvgIpc) is 2.81. The van der Waals surface area contributed by atoms with Gasteiger partial charge in [0.05, 0.1) is 10.9 Å². The normalized spacial score (nSPS) is 20.9. The molecular weight excluding hydrogens is 368 g/mol. The van der Waals surface area contributed by atoms with E-state index in [0.29, 0.717) is 23.4 Å². The molecule has 1 fully saturated rings. The summed E-state index contributed by atoms with van der Waals surface area (Å²) in [6, 6.07) is 1.24. The minimum Gasteiger partial charge on any atom is -0.465 e. The van der Waals surface area contributed by atoms with Crippen molar-refractivity contribution in [1.29, 1.82) is 0 Å². The van der Waals surface area contributed by atoms with E-state index in [0.717, 1.165) is 11.3 Å². The predicted octanol–water partition coefficient (Wildman–Crippen LogP) is 1.28. The van der Waals surface area contributed by atoms with Gasteiger partial charge in [0.2, 0.25) is 10.0 Å². The molecule has 0 amide bonds. The zero-order valence-electron chi connectivity index (χ0n) is 11.1. The number of hydrogen-bond acceptors (Lipinski definition) is 6. The quantitative estimate of drug-likeness (QED) is 0.796. The molecule has 1 aromatic heterocycles. The Morgan fingerprint density at radius 2 is 2.30 bits per heavy atom. The van der Waals surface area contributed by atoms with Gasteiger partial charge >= 0.3 is 5.97 Å². The molecule has 9 heteroatoms. The van der Waals surface area contributed by atoms with Crippen LogP contribution < -0.4 is 5.32 Å². The van der Waals surface area contributed by atoms with Crippen LogP contribution in [0, 0.1) is 0 Å². The highest BCUT2D eigenvalue weighted by atomic mass is 79.9. The summed E-state index contributed by atoms with van der Waals surface area (Å²) in [6.45, 7) is 3.50. The Labute approximate surface area is 130 Å². The molecule has 2 rings (SSSR count). The highest BCUT2D eigenvalue weighted by molar-refractivity contribution is 9.11. The van der Waals surface area contributed by atoms with Crippen LogP contribution >= 0.6 is 27.3 Å². The molecule has 0 aliphatic carbocycles. The first-order chi connectivity index (χ1) is 9.37. The number of hydrogen-bond donors (Lipinski definition) is 1. The topological polar surface area (TPSA) is 75.7 Å². The Hall–Kier alpha value is -0.480. The van der Waals surface area contributed by atoms with Crippen LogP contribution in [0.4, 0.5) is 0 Å². The summed E-state index contributed by atoms with van der Waals surface area (Å²) in [5.41, 5.74) is 0. The largest absolute Gasteiger partial charge is 0.465 e. The zero-order valence-corrected chi connectivity index (χ0v) is 14.3. The second-order valence-corrected chi connectivity index (χ2v) is 8.64. The number of sulfonamides is 1. The van der Waals surface area contributed by atoms with Gasteiger partial charge < -0.3 is 10.1 Å². The number of halogens is 1. The van der Waals surface area contributed by atoms with E-state index >= 15 is 0 Å². The molecule has 1 atom stereocenters. The lowest BCUT2D eigenvalue weighted by Gasteiger charge is -2.32. The third-order valence-electron chi connectivity index (χ3n) is 3.07. The Balaban J connectivity index is 2.39. The summed E-state index contributed by atoms with van der Waals surface area (Å²) in [7, 11) is -2.35. The highest BCUT2D eigenvalue weighted by Gasteiger charge is 2.34. The van der Waals surface area contributed by atoms with Gasteiger partial charge in [-0.05, 0) is 28.9 Å². The Morgan fingerprint density at radius 1 is 1.60 bits per heavy atom. The van der Waals surface area contributed by atoms with E-state index in [4.69, 9.17) is 0 Å². The standard InChI is InChI=1S/C11H15BrN2O4S2/c1-7-6-13-3-4-14(7)20(16,17)9-5-8(11(15)18-2)19-10(9)12/h5,7,13H,3-4,6H2,1-2H3/t7-/m1/s1. The monoisotopic (exact) mass is 382 g/mol. The van der Waals surface area contributed by atoms with Crippen LogP contribution in [0.15, 0.2) is 14.7 Å². The Bertz CT molecular complexity index is 614. The van der Waals surface area contributed by atoms with Crippen molar-refractivity contribution in [3.63, 3.8) is 0 Å². The van der Waals surface area contributed by atoms with E-state index in [9.17, 15) is 13.2 Å². The molecule has 0 unspecified atom stereocenters. The van der Waals surface area contributed by atoms with Crippen molar-refractivity contribution in [1.82, 2.24) is 9.62 Å². The molecule has 1 aromatic rings. The van der Waals surface area contributed by atoms with Crippen LogP contribution in [0.25, 0.3) is 0 Å². The lowest BCUT2D eigenvalue weighted by molar-refractivity contribution is 0.0606. The number of ether oxygens (including phenoxy) is 1. The van der Waals surface area contributed by atoms with Crippen molar-refractivity contribution >= 4 is 43.3 Å². The first-order valence-corrected chi connectivity index (χ1v) is 9.03. The van der Waals surface area contributed by atoms with Crippen molar-refractivity contribution in [3.05, 3.63) is 14.7 Å². The van der Waals surface area contributed by atoms with E-state index in [-0.39, 0.29) is 15.8 Å². The van der Waals surface area contributed by atoms with Crippen LogP contribution in [0.1, 0.15) is 16.6 Å². The first kappa shape index (κ1) is 15.9. The third kappa shape index (κ3) is 2.91. The number of carbonyl (C=O) groups excluding carboxylic acids is 1. The van der Waals surface area contributed by atoms with Gasteiger partial charge in [-0.25, -0.2) is 13.2 Å². The fourth-order valence-electron chi connectivity index (χ4n) is 2.03. The third-order valence-corrected chi connectivity index (χ3v) is 7.31. The van der Waals surface area contributed by atoms with Gasteiger partial charge in [0.15, 0.2) is 0 Å². The number of carbonyl (C=O) groups is 1. The number of rotatable bonds is 3. The number of methoxy groups -OCH3 is 1. The van der Waals surface area contributed by atoms with Crippen molar-refractivity contribution in [2.45, 2.75) is 17.9 Å². The second-order valence-electron chi connectivity index (χ2n) is 4.41. The molecule has 20 heavy (non-hydrogen) atoms. The molecule has 112 valence electrons. The maximum atomic E-state index is 12.7. The maximum Gasteiger partial charge on any atom is 0.348 e. The predicted molar refractivity (Wildman–Crippen MR) is 79.6 cm³/mol. The van der Waals surface area contributed by atoms with E-state index < -0.39 is 16.0 Å². The molecule has 2 heterocycles. The molecule has 0 saturated carbocycles. The first-order valence-electron chi connectivity index (χ1n) is 5.98. The fraction of sp³-hybridized carbons (Fsp3) is 0.545. The zero-order chi connectivity index (χ0) is 14.9. The van der Waals surface area contributed by atoms with Crippen molar-refractivity contribution in [3.8, 4) is 0 Å². The molecule has 1 saturated heterocycles. The molecule has 6 nitrogen and oxygen atoms in total. The number of thiophene rings is 1.